The van der Waals surface area contributed by atoms with Crippen LogP contribution >= 0.6 is 11.3 Å². The molecule has 0 bridgehead atoms. The fourth-order valence-corrected chi connectivity index (χ4v) is 3.93. The number of benzene rings is 2. The molecule has 0 radical (unpaired) electrons. The number of carbonyl (C=O) groups is 2. The smallest absolute Gasteiger partial charge is 0.325 e. The molecule has 2 aromatic carbocycles. The molecule has 1 amide bonds. The molecule has 0 aliphatic heterocycles. The summed E-state index contributed by atoms with van der Waals surface area (Å²) in [5.74, 6) is -1.45. The maximum atomic E-state index is 12.2. The molecule has 1 aromatic heterocycles. The molecule has 0 spiro atoms. The lowest BCUT2D eigenvalue weighted by atomic mass is 10.1. The Morgan fingerprint density at radius 1 is 1.13 bits per heavy atom. The lowest BCUT2D eigenvalue weighted by Crippen LogP contribution is -2.38. The minimum Gasteiger partial charge on any atom is -0.480 e. The first kappa shape index (κ1) is 22.5. The number of carbonyl (C=O) groups excluding carboxylic acids is 1. The van der Waals surface area contributed by atoms with Gasteiger partial charge in [0.25, 0.3) is 5.91 Å². The van der Waals surface area contributed by atoms with Crippen LogP contribution < -0.4 is 10.2 Å². The summed E-state index contributed by atoms with van der Waals surface area (Å²) in [4.78, 5) is 30.2. The summed E-state index contributed by atoms with van der Waals surface area (Å²) in [6, 6.07) is 16.5. The molecule has 162 valence electrons. The lowest BCUT2D eigenvalue weighted by Gasteiger charge is -2.22. The maximum Gasteiger partial charge on any atom is 0.325 e. The zero-order valence-corrected chi connectivity index (χ0v) is 18.6. The topological polar surface area (TPSA) is 82.5 Å². The van der Waals surface area contributed by atoms with Gasteiger partial charge in [0, 0.05) is 29.6 Å². The normalized spacial score (nSPS) is 11.7. The molecule has 0 saturated heterocycles. The molecular formula is C24H27N3O3S. The Bertz CT molecular complexity index is 1000. The van der Waals surface area contributed by atoms with Gasteiger partial charge < -0.3 is 15.3 Å². The quantitative estimate of drug-likeness (QED) is 0.475. The highest BCUT2D eigenvalue weighted by Crippen LogP contribution is 2.28. The molecule has 1 atom stereocenters. The Kier molecular flexibility index (Phi) is 7.78. The average molecular weight is 438 g/mol. The molecule has 1 unspecified atom stereocenters. The molecule has 0 fully saturated rings. The monoisotopic (exact) mass is 437 g/mol. The van der Waals surface area contributed by atoms with Crippen molar-refractivity contribution in [2.75, 3.05) is 11.4 Å². The number of thiazole rings is 1. The van der Waals surface area contributed by atoms with E-state index in [4.69, 9.17) is 10.1 Å². The molecule has 3 rings (SSSR count). The molecule has 0 saturated carbocycles. The second kappa shape index (κ2) is 10.7. The maximum absolute atomic E-state index is 12.2. The number of rotatable bonds is 10. The molecule has 31 heavy (non-hydrogen) atoms. The van der Waals surface area contributed by atoms with Crippen LogP contribution in [-0.4, -0.2) is 34.6 Å². The van der Waals surface area contributed by atoms with E-state index in [1.807, 2.05) is 30.3 Å². The van der Waals surface area contributed by atoms with E-state index in [1.165, 1.54) is 6.92 Å². The van der Waals surface area contributed by atoms with Gasteiger partial charge in [-0.3, -0.25) is 9.59 Å². The van der Waals surface area contributed by atoms with Crippen LogP contribution in [0.1, 0.15) is 42.6 Å². The van der Waals surface area contributed by atoms with Crippen LogP contribution in [0.25, 0.3) is 11.3 Å². The third-order valence-electron chi connectivity index (χ3n) is 4.92. The van der Waals surface area contributed by atoms with Crippen LogP contribution in [-0.2, 0) is 11.3 Å². The van der Waals surface area contributed by atoms with Crippen molar-refractivity contribution in [1.82, 2.24) is 10.3 Å². The molecule has 3 aromatic rings. The first-order chi connectivity index (χ1) is 15.0. The molecule has 6 nitrogen and oxygen atoms in total. The van der Waals surface area contributed by atoms with Crippen LogP contribution in [0.2, 0.25) is 0 Å². The zero-order chi connectivity index (χ0) is 22.2. The summed E-state index contributed by atoms with van der Waals surface area (Å²) in [6.07, 6.45) is 2.15. The van der Waals surface area contributed by atoms with Crippen molar-refractivity contribution in [3.8, 4) is 11.3 Å². The summed E-state index contributed by atoms with van der Waals surface area (Å²) >= 11 is 1.63. The second-order valence-electron chi connectivity index (χ2n) is 7.39. The van der Waals surface area contributed by atoms with Gasteiger partial charge in [-0.05, 0) is 31.0 Å². The van der Waals surface area contributed by atoms with E-state index in [-0.39, 0.29) is 0 Å². The van der Waals surface area contributed by atoms with E-state index in [0.717, 1.165) is 41.3 Å². The van der Waals surface area contributed by atoms with Crippen molar-refractivity contribution in [3.63, 3.8) is 0 Å². The minimum absolute atomic E-state index is 0.392. The van der Waals surface area contributed by atoms with Crippen molar-refractivity contribution < 1.29 is 14.7 Å². The van der Waals surface area contributed by atoms with E-state index < -0.39 is 17.9 Å². The van der Waals surface area contributed by atoms with E-state index in [9.17, 15) is 9.59 Å². The number of carboxylic acids is 1. The van der Waals surface area contributed by atoms with Crippen molar-refractivity contribution in [1.29, 1.82) is 0 Å². The first-order valence-corrected chi connectivity index (χ1v) is 11.2. The second-order valence-corrected chi connectivity index (χ2v) is 8.22. The number of hydrogen-bond donors (Lipinski definition) is 2. The summed E-state index contributed by atoms with van der Waals surface area (Å²) in [7, 11) is 0. The number of nitrogens with one attached hydrogen (secondary N) is 1. The van der Waals surface area contributed by atoms with Crippen LogP contribution in [0.15, 0.2) is 60.0 Å². The van der Waals surface area contributed by atoms with Crippen molar-refractivity contribution >= 4 is 28.3 Å². The molecule has 7 heteroatoms. The number of aliphatic carboxylic acids is 1. The molecule has 0 aliphatic rings. The predicted octanol–water partition coefficient (Wildman–Crippen LogP) is 4.82. The molecule has 0 aliphatic carbocycles. The number of hydrogen-bond acceptors (Lipinski definition) is 5. The highest BCUT2D eigenvalue weighted by molar-refractivity contribution is 7.14. The van der Waals surface area contributed by atoms with Crippen molar-refractivity contribution in [2.24, 2.45) is 0 Å². The number of nitrogens with zero attached hydrogens (tertiary/aromatic N) is 2. The van der Waals surface area contributed by atoms with E-state index in [2.05, 4.69) is 34.7 Å². The van der Waals surface area contributed by atoms with Gasteiger partial charge in [-0.25, -0.2) is 4.98 Å². The standard InChI is InChI=1S/C24H27N3O3S/c1-3-4-14-27(24-26-21(16-31-24)19-8-6-5-7-9-19)15-18-10-12-20(13-11-18)22(28)25-17(2)23(29)30/h5-13,16-17H,3-4,14-15H2,1-2H3,(H,25,28)(H,29,30). The Balaban J connectivity index is 1.72. The minimum atomic E-state index is -1.06. The Morgan fingerprint density at radius 2 is 1.84 bits per heavy atom. The summed E-state index contributed by atoms with van der Waals surface area (Å²) in [6.45, 7) is 5.20. The molecule has 1 heterocycles. The van der Waals surface area contributed by atoms with Gasteiger partial charge in [-0.15, -0.1) is 11.3 Å². The summed E-state index contributed by atoms with van der Waals surface area (Å²) < 4.78 is 0. The Morgan fingerprint density at radius 3 is 2.48 bits per heavy atom. The number of unbranched alkanes of at least 4 members (excludes halogenated alkanes) is 1. The van der Waals surface area contributed by atoms with Gasteiger partial charge in [-0.2, -0.15) is 0 Å². The Labute approximate surface area is 186 Å². The largest absolute Gasteiger partial charge is 0.480 e. The van der Waals surface area contributed by atoms with Crippen molar-refractivity contribution in [2.45, 2.75) is 39.3 Å². The van der Waals surface area contributed by atoms with Gasteiger partial charge in [0.2, 0.25) is 0 Å². The predicted molar refractivity (Wildman–Crippen MR) is 125 cm³/mol. The zero-order valence-electron chi connectivity index (χ0n) is 17.7. The SMILES string of the molecule is CCCCN(Cc1ccc(C(=O)NC(C)C(=O)O)cc1)c1nc(-c2ccccc2)cs1. The Hall–Kier alpha value is -3.19. The third kappa shape index (κ3) is 6.15. The van der Waals surface area contributed by atoms with E-state index in [0.29, 0.717) is 12.1 Å². The average Bonchev–Trinajstić information content (AvgIpc) is 3.27. The van der Waals surface area contributed by atoms with Crippen LogP contribution in [0.4, 0.5) is 5.13 Å². The van der Waals surface area contributed by atoms with Gasteiger partial charge in [0.15, 0.2) is 5.13 Å². The molecule has 2 N–H and O–H groups in total. The molecular weight excluding hydrogens is 410 g/mol. The first-order valence-electron chi connectivity index (χ1n) is 10.4. The fraction of sp³-hybridized carbons (Fsp3) is 0.292. The third-order valence-corrected chi connectivity index (χ3v) is 5.82. The summed E-state index contributed by atoms with van der Waals surface area (Å²) in [5, 5.41) is 14.5. The number of amides is 1. The van der Waals surface area contributed by atoms with Crippen LogP contribution in [0.3, 0.4) is 0 Å². The van der Waals surface area contributed by atoms with Crippen molar-refractivity contribution in [3.05, 3.63) is 71.1 Å². The van der Waals surface area contributed by atoms with E-state index >= 15 is 0 Å². The van der Waals surface area contributed by atoms with Gasteiger partial charge in [-0.1, -0.05) is 55.8 Å². The van der Waals surface area contributed by atoms with E-state index in [1.54, 1.807) is 23.5 Å². The number of anilines is 1. The summed E-state index contributed by atoms with van der Waals surface area (Å²) in [5.41, 5.74) is 3.58. The number of carboxylic acid groups (broad SMARTS) is 1. The lowest BCUT2D eigenvalue weighted by molar-refractivity contribution is -0.138. The van der Waals surface area contributed by atoms with Gasteiger partial charge in [0.1, 0.15) is 6.04 Å². The van der Waals surface area contributed by atoms with Gasteiger partial charge >= 0.3 is 5.97 Å². The number of aromatic nitrogens is 1. The van der Waals surface area contributed by atoms with Crippen LogP contribution in [0.5, 0.6) is 0 Å². The fourth-order valence-electron chi connectivity index (χ4n) is 3.07. The highest BCUT2D eigenvalue weighted by Gasteiger charge is 2.16. The van der Waals surface area contributed by atoms with Gasteiger partial charge in [0.05, 0.1) is 5.69 Å². The van der Waals surface area contributed by atoms with Crippen LogP contribution in [0, 0.1) is 0 Å². The highest BCUT2D eigenvalue weighted by atomic mass is 32.1.